The van der Waals surface area contributed by atoms with Gasteiger partial charge in [0.2, 0.25) is 0 Å². The van der Waals surface area contributed by atoms with E-state index in [-0.39, 0.29) is 18.2 Å². The zero-order chi connectivity index (χ0) is 15.1. The van der Waals surface area contributed by atoms with Crippen molar-refractivity contribution < 1.29 is 9.13 Å². The van der Waals surface area contributed by atoms with Crippen molar-refractivity contribution >= 4 is 0 Å². The topological polar surface area (TPSA) is 34.1 Å². The molecule has 3 nitrogen and oxygen atoms in total. The Hall–Kier alpha value is -1.94. The maximum absolute atomic E-state index is 13.6. The number of nitrogens with one attached hydrogen (secondary N) is 1. The summed E-state index contributed by atoms with van der Waals surface area (Å²) in [6, 6.07) is 10.6. The van der Waals surface area contributed by atoms with E-state index in [1.54, 1.807) is 12.1 Å². The minimum absolute atomic E-state index is 0.266. The smallest absolute Gasteiger partial charge is 0.165 e. The fourth-order valence-corrected chi connectivity index (χ4v) is 1.97. The maximum atomic E-state index is 13.6. The Morgan fingerprint density at radius 3 is 2.81 bits per heavy atom. The number of hydrogen-bond acceptors (Lipinski definition) is 3. The number of aryl methyl sites for hydroxylation is 1. The fourth-order valence-electron chi connectivity index (χ4n) is 1.97. The summed E-state index contributed by atoms with van der Waals surface area (Å²) in [6.07, 6.45) is 1.09. The zero-order valence-corrected chi connectivity index (χ0v) is 12.5. The van der Waals surface area contributed by atoms with Crippen molar-refractivity contribution in [3.8, 4) is 5.75 Å². The molecule has 0 unspecified atom stereocenters. The van der Waals surface area contributed by atoms with Crippen molar-refractivity contribution in [1.29, 1.82) is 0 Å². The first-order valence-electron chi connectivity index (χ1n) is 7.23. The predicted molar refractivity (Wildman–Crippen MR) is 81.7 cm³/mol. The van der Waals surface area contributed by atoms with Gasteiger partial charge in [-0.3, -0.25) is 4.98 Å². The van der Waals surface area contributed by atoms with Crippen LogP contribution in [0.4, 0.5) is 4.39 Å². The molecule has 0 aliphatic carbocycles. The summed E-state index contributed by atoms with van der Waals surface area (Å²) in [5.41, 5.74) is 2.73. The van der Waals surface area contributed by atoms with Crippen LogP contribution in [0.25, 0.3) is 0 Å². The number of aromatic nitrogens is 1. The second kappa shape index (κ2) is 7.74. The first-order valence-corrected chi connectivity index (χ1v) is 7.23. The molecule has 2 rings (SSSR count). The molecule has 0 aliphatic rings. The van der Waals surface area contributed by atoms with Crippen LogP contribution in [0.1, 0.15) is 30.3 Å². The summed E-state index contributed by atoms with van der Waals surface area (Å²) in [5.74, 6) is -0.0762. The summed E-state index contributed by atoms with van der Waals surface area (Å²) in [7, 11) is 0. The Kier molecular flexibility index (Phi) is 5.69. The number of ether oxygens (including phenoxy) is 1. The minimum Gasteiger partial charge on any atom is -0.484 e. The lowest BCUT2D eigenvalue weighted by atomic mass is 10.2. The Labute approximate surface area is 125 Å². The van der Waals surface area contributed by atoms with Crippen LogP contribution < -0.4 is 10.1 Å². The van der Waals surface area contributed by atoms with E-state index in [0.717, 1.165) is 36.5 Å². The van der Waals surface area contributed by atoms with E-state index in [0.29, 0.717) is 0 Å². The van der Waals surface area contributed by atoms with E-state index in [1.165, 1.54) is 6.07 Å². The Morgan fingerprint density at radius 1 is 1.19 bits per heavy atom. The summed E-state index contributed by atoms with van der Waals surface area (Å²) in [6.45, 7) is 6.01. The maximum Gasteiger partial charge on any atom is 0.165 e. The molecule has 0 bridgehead atoms. The van der Waals surface area contributed by atoms with Crippen molar-refractivity contribution in [3.05, 3.63) is 59.2 Å². The summed E-state index contributed by atoms with van der Waals surface area (Å²) < 4.78 is 19.1. The molecular formula is C17H21FN2O. The van der Waals surface area contributed by atoms with Gasteiger partial charge in [-0.1, -0.05) is 19.1 Å². The SMILES string of the molecule is CCCNCc1cccc(COc2cc(C)ccc2F)n1. The average molecular weight is 288 g/mol. The van der Waals surface area contributed by atoms with Crippen molar-refractivity contribution in [3.63, 3.8) is 0 Å². The highest BCUT2D eigenvalue weighted by Gasteiger charge is 2.05. The van der Waals surface area contributed by atoms with Crippen LogP contribution >= 0.6 is 0 Å². The van der Waals surface area contributed by atoms with Crippen LogP contribution in [-0.4, -0.2) is 11.5 Å². The molecule has 0 saturated carbocycles. The Balaban J connectivity index is 1.96. The molecule has 21 heavy (non-hydrogen) atoms. The molecule has 0 radical (unpaired) electrons. The molecule has 1 aromatic heterocycles. The van der Waals surface area contributed by atoms with Crippen LogP contribution in [0.15, 0.2) is 36.4 Å². The molecule has 0 saturated heterocycles. The number of benzene rings is 1. The van der Waals surface area contributed by atoms with Gasteiger partial charge < -0.3 is 10.1 Å². The largest absolute Gasteiger partial charge is 0.484 e. The van der Waals surface area contributed by atoms with Crippen LogP contribution in [0.5, 0.6) is 5.75 Å². The molecule has 0 spiro atoms. The second-order valence-corrected chi connectivity index (χ2v) is 5.02. The van der Waals surface area contributed by atoms with E-state index < -0.39 is 0 Å². The van der Waals surface area contributed by atoms with E-state index in [2.05, 4.69) is 17.2 Å². The lowest BCUT2D eigenvalue weighted by Gasteiger charge is -2.09. The first kappa shape index (κ1) is 15.4. The number of hydrogen-bond donors (Lipinski definition) is 1. The van der Waals surface area contributed by atoms with Gasteiger partial charge >= 0.3 is 0 Å². The molecule has 112 valence electrons. The average Bonchev–Trinajstić information content (AvgIpc) is 2.49. The van der Waals surface area contributed by atoms with Gasteiger partial charge in [0.15, 0.2) is 11.6 Å². The van der Waals surface area contributed by atoms with E-state index in [9.17, 15) is 4.39 Å². The first-order chi connectivity index (χ1) is 10.2. The van der Waals surface area contributed by atoms with Gasteiger partial charge in [-0.25, -0.2) is 4.39 Å². The minimum atomic E-state index is -0.346. The van der Waals surface area contributed by atoms with Gasteiger partial charge in [0.1, 0.15) is 6.61 Å². The Morgan fingerprint density at radius 2 is 2.00 bits per heavy atom. The lowest BCUT2D eigenvalue weighted by Crippen LogP contribution is -2.15. The van der Waals surface area contributed by atoms with Crippen LogP contribution in [0.3, 0.4) is 0 Å². The second-order valence-electron chi connectivity index (χ2n) is 5.02. The van der Waals surface area contributed by atoms with E-state index >= 15 is 0 Å². The monoisotopic (exact) mass is 288 g/mol. The Bertz CT molecular complexity index is 587. The van der Waals surface area contributed by atoms with Crippen LogP contribution in [-0.2, 0) is 13.2 Å². The van der Waals surface area contributed by atoms with Crippen molar-refractivity contribution in [2.45, 2.75) is 33.4 Å². The number of pyridine rings is 1. The quantitative estimate of drug-likeness (QED) is 0.790. The molecule has 1 aromatic carbocycles. The summed E-state index contributed by atoms with van der Waals surface area (Å²) in [4.78, 5) is 4.50. The highest BCUT2D eigenvalue weighted by molar-refractivity contribution is 5.29. The van der Waals surface area contributed by atoms with Crippen molar-refractivity contribution in [1.82, 2.24) is 10.3 Å². The number of rotatable bonds is 7. The van der Waals surface area contributed by atoms with Gasteiger partial charge in [-0.05, 0) is 49.7 Å². The van der Waals surface area contributed by atoms with Crippen molar-refractivity contribution in [2.75, 3.05) is 6.54 Å². The van der Waals surface area contributed by atoms with Gasteiger partial charge in [-0.15, -0.1) is 0 Å². The molecule has 4 heteroatoms. The van der Waals surface area contributed by atoms with Gasteiger partial charge in [0.05, 0.1) is 11.4 Å². The molecule has 1 N–H and O–H groups in total. The van der Waals surface area contributed by atoms with Crippen LogP contribution in [0, 0.1) is 12.7 Å². The highest BCUT2D eigenvalue weighted by Crippen LogP contribution is 2.19. The highest BCUT2D eigenvalue weighted by atomic mass is 19.1. The third kappa shape index (κ3) is 4.83. The molecule has 1 heterocycles. The molecule has 0 amide bonds. The van der Waals surface area contributed by atoms with Gasteiger partial charge in [0, 0.05) is 6.54 Å². The predicted octanol–water partition coefficient (Wildman–Crippen LogP) is 3.61. The fraction of sp³-hybridized carbons (Fsp3) is 0.353. The third-order valence-electron chi connectivity index (χ3n) is 3.06. The van der Waals surface area contributed by atoms with Crippen molar-refractivity contribution in [2.24, 2.45) is 0 Å². The van der Waals surface area contributed by atoms with Gasteiger partial charge in [-0.2, -0.15) is 0 Å². The van der Waals surface area contributed by atoms with E-state index in [1.807, 2.05) is 25.1 Å². The summed E-state index contributed by atoms with van der Waals surface area (Å²) >= 11 is 0. The number of nitrogens with zero attached hydrogens (tertiary/aromatic N) is 1. The normalized spacial score (nSPS) is 10.6. The zero-order valence-electron chi connectivity index (χ0n) is 12.5. The third-order valence-corrected chi connectivity index (χ3v) is 3.06. The molecule has 0 aliphatic heterocycles. The number of halogens is 1. The van der Waals surface area contributed by atoms with E-state index in [4.69, 9.17) is 4.74 Å². The van der Waals surface area contributed by atoms with Crippen LogP contribution in [0.2, 0.25) is 0 Å². The molecule has 0 fully saturated rings. The molecular weight excluding hydrogens is 267 g/mol. The summed E-state index contributed by atoms with van der Waals surface area (Å²) in [5, 5.41) is 3.31. The molecule has 2 aromatic rings. The van der Waals surface area contributed by atoms with Gasteiger partial charge in [0.25, 0.3) is 0 Å². The molecule has 0 atom stereocenters. The standard InChI is InChI=1S/C17H21FN2O/c1-3-9-19-11-14-5-4-6-15(20-14)12-21-17-10-13(2)7-8-16(17)18/h4-8,10,19H,3,9,11-12H2,1-2H3. The lowest BCUT2D eigenvalue weighted by molar-refractivity contribution is 0.285.